The number of anilines is 1. The lowest BCUT2D eigenvalue weighted by Gasteiger charge is -2.36. The summed E-state index contributed by atoms with van der Waals surface area (Å²) in [5.41, 5.74) is 0.537. The van der Waals surface area contributed by atoms with Gasteiger partial charge in [0.25, 0.3) is 0 Å². The molecular weight excluding hydrogens is 555 g/mol. The summed E-state index contributed by atoms with van der Waals surface area (Å²) < 4.78 is 23.9. The van der Waals surface area contributed by atoms with Gasteiger partial charge in [-0.1, -0.05) is 30.3 Å². The maximum atomic E-state index is 13.9. The third kappa shape index (κ3) is 8.09. The summed E-state index contributed by atoms with van der Waals surface area (Å²) in [4.78, 5) is 57.5. The summed E-state index contributed by atoms with van der Waals surface area (Å²) >= 11 is 0. The topological polar surface area (TPSA) is 127 Å². The Balaban J connectivity index is 1.44. The second-order valence-corrected chi connectivity index (χ2v) is 12.2. The number of methoxy groups -OCH3 is 1. The van der Waals surface area contributed by atoms with Crippen LogP contribution in [0.4, 0.5) is 15.0 Å². The quantitative estimate of drug-likeness (QED) is 0.417. The summed E-state index contributed by atoms with van der Waals surface area (Å²) in [5.74, 6) is -1.34. The van der Waals surface area contributed by atoms with Gasteiger partial charge in [-0.05, 0) is 76.5 Å². The van der Waals surface area contributed by atoms with Crippen LogP contribution >= 0.6 is 0 Å². The number of carbonyl (C=O) groups is 4. The third-order valence-electron chi connectivity index (χ3n) is 8.17. The number of likely N-dealkylation sites (tertiary alicyclic amines) is 1. The number of esters is 1. The van der Waals surface area contributed by atoms with Crippen molar-refractivity contribution < 1.29 is 33.0 Å². The van der Waals surface area contributed by atoms with Crippen molar-refractivity contribution in [1.82, 2.24) is 15.2 Å². The minimum absolute atomic E-state index is 0.0945. The molecule has 2 heterocycles. The van der Waals surface area contributed by atoms with Gasteiger partial charge in [0.05, 0.1) is 18.7 Å². The molecule has 11 heteroatoms. The predicted molar refractivity (Wildman–Crippen MR) is 158 cm³/mol. The van der Waals surface area contributed by atoms with Gasteiger partial charge in [0.1, 0.15) is 24.1 Å². The van der Waals surface area contributed by atoms with E-state index in [9.17, 15) is 23.6 Å². The maximum Gasteiger partial charge on any atom is 0.407 e. The van der Waals surface area contributed by atoms with Gasteiger partial charge < -0.3 is 25.0 Å². The molecule has 43 heavy (non-hydrogen) atoms. The number of rotatable bonds is 8. The number of nitrogens with one attached hydrogen (secondary N) is 2. The van der Waals surface area contributed by atoms with Gasteiger partial charge in [-0.15, -0.1) is 0 Å². The Morgan fingerprint density at radius 2 is 1.72 bits per heavy atom. The van der Waals surface area contributed by atoms with E-state index in [1.54, 1.807) is 25.7 Å². The summed E-state index contributed by atoms with van der Waals surface area (Å²) in [6.45, 7) is 4.96. The van der Waals surface area contributed by atoms with Crippen LogP contribution in [0.5, 0.6) is 0 Å². The predicted octanol–water partition coefficient (Wildman–Crippen LogP) is 4.86. The van der Waals surface area contributed by atoms with E-state index in [1.165, 1.54) is 25.4 Å². The second-order valence-electron chi connectivity index (χ2n) is 12.2. The van der Waals surface area contributed by atoms with Gasteiger partial charge in [0.2, 0.25) is 11.8 Å². The lowest BCUT2D eigenvalue weighted by atomic mass is 9.78. The molecule has 1 aliphatic carbocycles. The molecule has 1 aliphatic heterocycles. The highest BCUT2D eigenvalue weighted by atomic mass is 19.1. The molecule has 4 rings (SSSR count). The van der Waals surface area contributed by atoms with Crippen molar-refractivity contribution in [2.24, 2.45) is 11.8 Å². The number of halogens is 1. The summed E-state index contributed by atoms with van der Waals surface area (Å²) in [7, 11) is 1.28. The number of pyridine rings is 1. The minimum Gasteiger partial charge on any atom is -0.465 e. The molecule has 0 spiro atoms. The molecule has 10 nitrogen and oxygen atoms in total. The smallest absolute Gasteiger partial charge is 0.407 e. The fourth-order valence-corrected chi connectivity index (χ4v) is 6.06. The van der Waals surface area contributed by atoms with Crippen LogP contribution in [0.2, 0.25) is 0 Å². The molecule has 232 valence electrons. The van der Waals surface area contributed by atoms with Gasteiger partial charge in [0, 0.05) is 24.6 Å². The van der Waals surface area contributed by atoms with Crippen molar-refractivity contribution >= 4 is 29.7 Å². The van der Waals surface area contributed by atoms with Gasteiger partial charge in [-0.2, -0.15) is 0 Å². The normalized spacial score (nSPS) is 22.8. The first kappa shape index (κ1) is 31.9. The third-order valence-corrected chi connectivity index (χ3v) is 8.17. The van der Waals surface area contributed by atoms with Crippen molar-refractivity contribution in [3.05, 3.63) is 59.8 Å². The Morgan fingerprint density at radius 3 is 2.30 bits per heavy atom. The molecule has 0 bridgehead atoms. The molecule has 3 atom stereocenters. The Bertz CT molecular complexity index is 1280. The van der Waals surface area contributed by atoms with E-state index in [0.717, 1.165) is 5.56 Å². The van der Waals surface area contributed by atoms with Crippen LogP contribution in [0.25, 0.3) is 0 Å². The van der Waals surface area contributed by atoms with E-state index >= 15 is 0 Å². The van der Waals surface area contributed by atoms with Crippen LogP contribution in [-0.4, -0.2) is 71.8 Å². The number of amides is 3. The molecule has 3 amide bonds. The monoisotopic (exact) mass is 596 g/mol. The van der Waals surface area contributed by atoms with Gasteiger partial charge >= 0.3 is 12.1 Å². The lowest BCUT2D eigenvalue weighted by Crippen LogP contribution is -2.49. The number of benzene rings is 1. The summed E-state index contributed by atoms with van der Waals surface area (Å²) in [6.07, 6.45) is 3.52. The average molecular weight is 597 g/mol. The maximum absolute atomic E-state index is 13.9. The molecule has 1 aromatic heterocycles. The molecule has 2 fully saturated rings. The summed E-state index contributed by atoms with van der Waals surface area (Å²) in [5, 5.41) is 5.49. The average Bonchev–Trinajstić information content (AvgIpc) is 3.45. The van der Waals surface area contributed by atoms with Crippen LogP contribution < -0.4 is 10.6 Å². The number of alkyl halides is 1. The lowest BCUT2D eigenvalue weighted by molar-refractivity contribution is -0.141. The number of nitrogens with zero attached hydrogens (tertiary/aromatic N) is 2. The molecule has 1 saturated carbocycles. The first-order chi connectivity index (χ1) is 20.5. The highest BCUT2D eigenvalue weighted by Crippen LogP contribution is 2.38. The Morgan fingerprint density at radius 1 is 1.02 bits per heavy atom. The first-order valence-corrected chi connectivity index (χ1v) is 14.8. The van der Waals surface area contributed by atoms with E-state index in [-0.39, 0.29) is 40.9 Å². The highest BCUT2D eigenvalue weighted by Gasteiger charge is 2.45. The van der Waals surface area contributed by atoms with Crippen molar-refractivity contribution in [2.75, 3.05) is 25.6 Å². The van der Waals surface area contributed by atoms with Crippen molar-refractivity contribution in [2.45, 2.75) is 76.5 Å². The van der Waals surface area contributed by atoms with Gasteiger partial charge in [-0.3, -0.25) is 9.59 Å². The van der Waals surface area contributed by atoms with Crippen LogP contribution in [-0.2, 0) is 19.1 Å². The zero-order valence-electron chi connectivity index (χ0n) is 25.2. The molecule has 1 aromatic carbocycles. The van der Waals surface area contributed by atoms with Crippen LogP contribution in [0.3, 0.4) is 0 Å². The van der Waals surface area contributed by atoms with E-state index in [2.05, 4.69) is 15.6 Å². The van der Waals surface area contributed by atoms with Crippen LogP contribution in [0, 0.1) is 11.8 Å². The highest BCUT2D eigenvalue weighted by molar-refractivity contribution is 5.98. The van der Waals surface area contributed by atoms with E-state index in [1.807, 2.05) is 30.3 Å². The number of ether oxygens (including phenoxy) is 2. The second kappa shape index (κ2) is 14.0. The van der Waals surface area contributed by atoms with Crippen molar-refractivity contribution in [3.8, 4) is 0 Å². The van der Waals surface area contributed by atoms with Crippen molar-refractivity contribution in [1.29, 1.82) is 0 Å². The number of hydrogen-bond acceptors (Lipinski definition) is 7. The Hall–Kier alpha value is -4.02. The number of alkyl carbamates (subject to hydrolysis) is 1. The van der Waals surface area contributed by atoms with Crippen LogP contribution in [0.1, 0.15) is 74.7 Å². The van der Waals surface area contributed by atoms with E-state index in [4.69, 9.17) is 9.47 Å². The Labute approximate surface area is 251 Å². The molecule has 2 aromatic rings. The molecule has 0 radical (unpaired) electrons. The van der Waals surface area contributed by atoms with Crippen molar-refractivity contribution in [3.63, 3.8) is 0 Å². The van der Waals surface area contributed by atoms with E-state index < -0.39 is 36.4 Å². The van der Waals surface area contributed by atoms with Gasteiger partial charge in [-0.25, -0.2) is 19.0 Å². The van der Waals surface area contributed by atoms with Crippen LogP contribution in [0.15, 0.2) is 48.7 Å². The van der Waals surface area contributed by atoms with Gasteiger partial charge in [0.15, 0.2) is 0 Å². The SMILES string of the molecule is COC(=O)c1ccc(NC(=O)[C@@H]2[C@@H](c3ccccc3)CCN2C(=O)[C@H]2CC[C@H](C(CF)NC(=O)OC(C)(C)C)CC2)nc1. The fraction of sp³-hybridized carbons (Fsp3) is 0.531. The van der Waals surface area contributed by atoms with E-state index in [0.29, 0.717) is 38.6 Å². The largest absolute Gasteiger partial charge is 0.465 e. The molecular formula is C32H41FN4O6. The zero-order chi connectivity index (χ0) is 31.1. The minimum atomic E-state index is -0.748. The standard InChI is InChI=1S/C32H41FN4O6/c1-32(2,3)43-31(41)35-25(18-33)21-10-12-22(13-11-21)29(39)37-17-16-24(20-8-6-5-7-9-20)27(37)28(38)36-26-15-14-23(19-34-26)30(40)42-4/h5-9,14-15,19,21-22,24-25,27H,10-13,16-18H2,1-4H3,(H,35,41)(H,34,36,38)/t21-,22-,24-,25?,27+/m1/s1. The Kier molecular flexibility index (Phi) is 10.4. The molecule has 2 aliphatic rings. The fourth-order valence-electron chi connectivity index (χ4n) is 6.06. The molecule has 1 saturated heterocycles. The first-order valence-electron chi connectivity index (χ1n) is 14.8. The summed E-state index contributed by atoms with van der Waals surface area (Å²) in [6, 6.07) is 11.3. The zero-order valence-corrected chi connectivity index (χ0v) is 25.2. The number of hydrogen-bond donors (Lipinski definition) is 2. The number of aromatic nitrogens is 1. The molecule has 1 unspecified atom stereocenters. The molecule has 2 N–H and O–H groups in total. The number of carbonyl (C=O) groups excluding carboxylic acids is 4.